The highest BCUT2D eigenvalue weighted by atomic mass is 19.1. The van der Waals surface area contributed by atoms with Crippen LogP contribution < -0.4 is 20.3 Å². The molecule has 2 aromatic carbocycles. The van der Waals surface area contributed by atoms with E-state index in [2.05, 4.69) is 15.5 Å². The first kappa shape index (κ1) is 24.5. The van der Waals surface area contributed by atoms with Gasteiger partial charge in [0.05, 0.1) is 0 Å². The second-order valence-electron chi connectivity index (χ2n) is 9.73. The van der Waals surface area contributed by atoms with Gasteiger partial charge in [-0.1, -0.05) is 0 Å². The number of amides is 2. The number of benzene rings is 2. The van der Waals surface area contributed by atoms with Crippen LogP contribution in [0.2, 0.25) is 0 Å². The average molecular weight is 496 g/mol. The Labute approximate surface area is 211 Å². The van der Waals surface area contributed by atoms with Crippen LogP contribution in [-0.2, 0) is 0 Å². The van der Waals surface area contributed by atoms with Crippen molar-refractivity contribution in [1.29, 1.82) is 0 Å². The number of halogens is 1. The highest BCUT2D eigenvalue weighted by Gasteiger charge is 2.27. The van der Waals surface area contributed by atoms with E-state index in [0.29, 0.717) is 37.3 Å². The summed E-state index contributed by atoms with van der Waals surface area (Å²) in [7, 11) is 0. The van der Waals surface area contributed by atoms with Crippen LogP contribution in [0.1, 0.15) is 32.7 Å². The minimum Gasteiger partial charge on any atom is -0.489 e. The van der Waals surface area contributed by atoms with Gasteiger partial charge < -0.3 is 30.1 Å². The number of hydrogen-bond acceptors (Lipinski definition) is 6. The molecule has 2 aromatic rings. The number of carbonyl (C=O) groups excluding carboxylic acids is 2. The molecule has 3 aliphatic heterocycles. The van der Waals surface area contributed by atoms with E-state index in [1.54, 1.807) is 15.9 Å². The van der Waals surface area contributed by atoms with E-state index in [-0.39, 0.29) is 17.9 Å². The smallest absolute Gasteiger partial charge is 0.254 e. The lowest BCUT2D eigenvalue weighted by Crippen LogP contribution is -2.50. The van der Waals surface area contributed by atoms with E-state index < -0.39 is 5.82 Å². The van der Waals surface area contributed by atoms with Crippen LogP contribution in [-0.4, -0.2) is 93.2 Å². The number of rotatable bonds is 5. The molecule has 3 aliphatic rings. The van der Waals surface area contributed by atoms with Crippen LogP contribution in [0.4, 0.5) is 10.1 Å². The fraction of sp³-hybridized carbons (Fsp3) is 0.481. The first-order chi connectivity index (χ1) is 17.5. The van der Waals surface area contributed by atoms with Crippen LogP contribution >= 0.6 is 0 Å². The number of nitrogens with zero attached hydrogens (tertiary/aromatic N) is 3. The predicted octanol–water partition coefficient (Wildman–Crippen LogP) is 1.88. The van der Waals surface area contributed by atoms with Gasteiger partial charge in [-0.25, -0.2) is 4.39 Å². The zero-order valence-electron chi connectivity index (χ0n) is 20.8. The highest BCUT2D eigenvalue weighted by Crippen LogP contribution is 2.24. The first-order valence-corrected chi connectivity index (χ1v) is 12.8. The summed E-state index contributed by atoms with van der Waals surface area (Å²) in [5, 5.41) is 6.57. The van der Waals surface area contributed by atoms with Crippen molar-refractivity contribution < 1.29 is 18.7 Å². The number of piperazine rings is 2. The Balaban J connectivity index is 1.19. The maximum absolute atomic E-state index is 14.4. The number of nitrogens with one attached hydrogen (secondary N) is 2. The molecule has 3 saturated heterocycles. The molecule has 0 spiro atoms. The summed E-state index contributed by atoms with van der Waals surface area (Å²) in [4.78, 5) is 31.9. The summed E-state index contributed by atoms with van der Waals surface area (Å²) >= 11 is 0. The molecule has 9 heteroatoms. The highest BCUT2D eigenvalue weighted by molar-refractivity contribution is 5.96. The lowest BCUT2D eigenvalue weighted by Gasteiger charge is -2.35. The number of anilines is 1. The second-order valence-corrected chi connectivity index (χ2v) is 9.73. The lowest BCUT2D eigenvalue weighted by molar-refractivity contribution is 0.0535. The molecule has 192 valence electrons. The molecule has 2 N–H and O–H groups in total. The topological polar surface area (TPSA) is 77.2 Å². The Kier molecular flexibility index (Phi) is 7.38. The predicted molar refractivity (Wildman–Crippen MR) is 136 cm³/mol. The second kappa shape index (κ2) is 10.8. The molecule has 0 radical (unpaired) electrons. The zero-order valence-corrected chi connectivity index (χ0v) is 20.8. The molecule has 5 rings (SSSR count). The zero-order chi connectivity index (χ0) is 25.1. The Morgan fingerprint density at radius 2 is 1.56 bits per heavy atom. The number of aryl methyl sites for hydroxylation is 1. The van der Waals surface area contributed by atoms with Crippen LogP contribution in [0.15, 0.2) is 36.4 Å². The lowest BCUT2D eigenvalue weighted by atomic mass is 10.1. The summed E-state index contributed by atoms with van der Waals surface area (Å²) in [6.45, 7) is 8.71. The Morgan fingerprint density at radius 1 is 0.861 bits per heavy atom. The van der Waals surface area contributed by atoms with Crippen molar-refractivity contribution in [2.45, 2.75) is 19.4 Å². The van der Waals surface area contributed by atoms with Crippen molar-refractivity contribution in [3.63, 3.8) is 0 Å². The summed E-state index contributed by atoms with van der Waals surface area (Å²) in [6.07, 6.45) is 1.15. The van der Waals surface area contributed by atoms with E-state index in [4.69, 9.17) is 4.74 Å². The molecule has 0 aliphatic carbocycles. The molecule has 8 nitrogen and oxygen atoms in total. The largest absolute Gasteiger partial charge is 0.489 e. The molecule has 3 heterocycles. The average Bonchev–Trinajstić information content (AvgIpc) is 3.42. The number of ether oxygens (including phenoxy) is 1. The number of hydrogen-bond donors (Lipinski definition) is 2. The fourth-order valence-electron chi connectivity index (χ4n) is 5.10. The van der Waals surface area contributed by atoms with Gasteiger partial charge >= 0.3 is 0 Å². The van der Waals surface area contributed by atoms with E-state index >= 15 is 0 Å². The van der Waals surface area contributed by atoms with Gasteiger partial charge in [-0.3, -0.25) is 9.59 Å². The van der Waals surface area contributed by atoms with Crippen molar-refractivity contribution in [3.8, 4) is 5.75 Å². The Morgan fingerprint density at radius 3 is 2.19 bits per heavy atom. The molecule has 1 atom stereocenters. The van der Waals surface area contributed by atoms with Crippen molar-refractivity contribution in [2.24, 2.45) is 0 Å². The molecular formula is C27H34FN5O3. The summed E-state index contributed by atoms with van der Waals surface area (Å²) in [6, 6.07) is 10.1. The van der Waals surface area contributed by atoms with Crippen LogP contribution in [0.3, 0.4) is 0 Å². The van der Waals surface area contributed by atoms with Gasteiger partial charge in [0.2, 0.25) is 0 Å². The quantitative estimate of drug-likeness (QED) is 0.660. The normalized spacial score (nSPS) is 20.5. The maximum Gasteiger partial charge on any atom is 0.254 e. The van der Waals surface area contributed by atoms with Crippen LogP contribution in [0.25, 0.3) is 0 Å². The fourth-order valence-corrected chi connectivity index (χ4v) is 5.10. The van der Waals surface area contributed by atoms with Gasteiger partial charge in [0, 0.05) is 75.7 Å². The van der Waals surface area contributed by atoms with E-state index in [9.17, 15) is 14.0 Å². The summed E-state index contributed by atoms with van der Waals surface area (Å²) in [5.74, 6) is 0.156. The van der Waals surface area contributed by atoms with Crippen LogP contribution in [0.5, 0.6) is 5.75 Å². The van der Waals surface area contributed by atoms with E-state index in [1.807, 2.05) is 25.1 Å². The molecule has 0 saturated carbocycles. The monoisotopic (exact) mass is 495 g/mol. The molecule has 1 unspecified atom stereocenters. The standard InChI is InChI=1S/C27H34FN5O3/c1-19-14-20(2-3-25(19)36-24-4-5-30-18-24)26(34)32-10-12-33(13-11-32)27(35)21-15-22(28)17-23(16-21)31-8-6-29-7-9-31/h2-3,14-17,24,29-30H,4-13,18H2,1H3. The third kappa shape index (κ3) is 5.47. The third-order valence-corrected chi connectivity index (χ3v) is 7.20. The SMILES string of the molecule is Cc1cc(C(=O)N2CCN(C(=O)c3cc(F)cc(N4CCNCC4)c3)CC2)ccc1OC1CCNC1. The van der Waals surface area contributed by atoms with Crippen molar-refractivity contribution in [1.82, 2.24) is 20.4 Å². The molecule has 0 bridgehead atoms. The number of carbonyl (C=O) groups is 2. The Hall–Kier alpha value is -3.17. The van der Waals surface area contributed by atoms with Gasteiger partial charge in [-0.2, -0.15) is 0 Å². The van der Waals surface area contributed by atoms with Gasteiger partial charge in [-0.15, -0.1) is 0 Å². The van der Waals surface area contributed by atoms with Gasteiger partial charge in [0.15, 0.2) is 0 Å². The molecule has 36 heavy (non-hydrogen) atoms. The molecule has 0 aromatic heterocycles. The van der Waals surface area contributed by atoms with E-state index in [1.165, 1.54) is 12.1 Å². The third-order valence-electron chi connectivity index (χ3n) is 7.20. The van der Waals surface area contributed by atoms with E-state index in [0.717, 1.165) is 62.7 Å². The molecular weight excluding hydrogens is 461 g/mol. The minimum atomic E-state index is -0.407. The summed E-state index contributed by atoms with van der Waals surface area (Å²) in [5.41, 5.74) is 2.65. The first-order valence-electron chi connectivity index (χ1n) is 12.8. The minimum absolute atomic E-state index is 0.0500. The Bertz CT molecular complexity index is 1110. The van der Waals surface area contributed by atoms with Gasteiger partial charge in [-0.05, 0) is 61.9 Å². The summed E-state index contributed by atoms with van der Waals surface area (Å²) < 4.78 is 20.4. The van der Waals surface area contributed by atoms with Gasteiger partial charge in [0.25, 0.3) is 11.8 Å². The maximum atomic E-state index is 14.4. The van der Waals surface area contributed by atoms with Crippen molar-refractivity contribution >= 4 is 17.5 Å². The van der Waals surface area contributed by atoms with Crippen LogP contribution in [0, 0.1) is 12.7 Å². The molecule has 2 amide bonds. The van der Waals surface area contributed by atoms with Crippen molar-refractivity contribution in [2.75, 3.05) is 70.3 Å². The molecule has 3 fully saturated rings. The van der Waals surface area contributed by atoms with Crippen molar-refractivity contribution in [3.05, 3.63) is 58.9 Å². The van der Waals surface area contributed by atoms with Gasteiger partial charge in [0.1, 0.15) is 17.7 Å².